The van der Waals surface area contributed by atoms with E-state index in [1.165, 1.54) is 0 Å². The van der Waals surface area contributed by atoms with Crippen molar-refractivity contribution in [2.45, 2.75) is 6.04 Å². The van der Waals surface area contributed by atoms with Crippen molar-refractivity contribution in [3.8, 4) is 0 Å². The minimum Gasteiger partial charge on any atom is -0.311 e. The molecule has 2 nitrogen and oxygen atoms in total. The summed E-state index contributed by atoms with van der Waals surface area (Å²) in [5.41, 5.74) is 1.88. The Balaban J connectivity index is 2.26. The molecule has 0 fully saturated rings. The number of hydrogen-bond acceptors (Lipinski definition) is 2. The smallest absolute Gasteiger partial charge is 0.169 e. The Morgan fingerprint density at radius 3 is 1.78 bits per heavy atom. The Kier molecular flexibility index (Phi) is 4.32. The van der Waals surface area contributed by atoms with Gasteiger partial charge in [-0.25, -0.2) is 0 Å². The van der Waals surface area contributed by atoms with Gasteiger partial charge in [-0.05, 0) is 11.1 Å². The predicted molar refractivity (Wildman–Crippen MR) is 73.5 cm³/mol. The molecule has 0 aliphatic heterocycles. The van der Waals surface area contributed by atoms with Gasteiger partial charge in [0.15, 0.2) is 7.85 Å². The van der Waals surface area contributed by atoms with Gasteiger partial charge in [0, 0.05) is 6.54 Å². The number of carbonyl (C=O) groups is 1. The highest BCUT2D eigenvalue weighted by atomic mass is 16.1. The first-order valence-electron chi connectivity index (χ1n) is 5.89. The molecular formula is C15H14BNO. The van der Waals surface area contributed by atoms with E-state index in [1.807, 2.05) is 60.7 Å². The van der Waals surface area contributed by atoms with E-state index in [1.54, 1.807) is 0 Å². The molecule has 18 heavy (non-hydrogen) atoms. The average Bonchev–Trinajstić information content (AvgIpc) is 2.41. The third-order valence-electron chi connectivity index (χ3n) is 2.75. The van der Waals surface area contributed by atoms with E-state index in [4.69, 9.17) is 7.85 Å². The zero-order chi connectivity index (χ0) is 12.8. The van der Waals surface area contributed by atoms with Crippen LogP contribution in [0.15, 0.2) is 60.7 Å². The molecule has 2 radical (unpaired) electrons. The van der Waals surface area contributed by atoms with Crippen molar-refractivity contribution < 1.29 is 4.79 Å². The number of benzene rings is 2. The van der Waals surface area contributed by atoms with Gasteiger partial charge in [0.05, 0.1) is 11.7 Å². The molecule has 0 bridgehead atoms. The molecule has 0 amide bonds. The van der Waals surface area contributed by atoms with Crippen LogP contribution >= 0.6 is 0 Å². The van der Waals surface area contributed by atoms with Crippen molar-refractivity contribution in [1.82, 2.24) is 5.32 Å². The lowest BCUT2D eigenvalue weighted by Crippen LogP contribution is -2.28. The lowest BCUT2D eigenvalue weighted by molar-refractivity contribution is -0.111. The van der Waals surface area contributed by atoms with Gasteiger partial charge in [-0.15, -0.1) is 0 Å². The maximum Gasteiger partial charge on any atom is 0.169 e. The molecule has 0 spiro atoms. The van der Waals surface area contributed by atoms with Gasteiger partial charge in [-0.1, -0.05) is 60.7 Å². The fraction of sp³-hybridized carbons (Fsp3) is 0.133. The van der Waals surface area contributed by atoms with Gasteiger partial charge >= 0.3 is 0 Å². The SMILES string of the molecule is [B]C(=O)CNC(c1ccccc1)c1ccccc1. The molecule has 0 aromatic heterocycles. The van der Waals surface area contributed by atoms with E-state index in [-0.39, 0.29) is 18.3 Å². The Morgan fingerprint density at radius 2 is 1.39 bits per heavy atom. The number of nitrogens with one attached hydrogen (secondary N) is 1. The molecule has 0 heterocycles. The van der Waals surface area contributed by atoms with Crippen LogP contribution in [0.1, 0.15) is 17.2 Å². The van der Waals surface area contributed by atoms with Crippen LogP contribution in [0.2, 0.25) is 0 Å². The number of rotatable bonds is 5. The molecule has 0 atom stereocenters. The standard InChI is InChI=1S/C15H14BNO/c16-14(18)11-17-15(12-7-3-1-4-8-12)13-9-5-2-6-10-13/h1-10,15,17H,11H2. The molecule has 3 heteroatoms. The van der Waals surface area contributed by atoms with Crippen LogP contribution in [0.3, 0.4) is 0 Å². The summed E-state index contributed by atoms with van der Waals surface area (Å²) in [7, 11) is 5.20. The number of hydrogen-bond donors (Lipinski definition) is 1. The van der Waals surface area contributed by atoms with Gasteiger partial charge in [-0.2, -0.15) is 0 Å². The fourth-order valence-electron chi connectivity index (χ4n) is 1.92. The first-order valence-corrected chi connectivity index (χ1v) is 5.89. The van der Waals surface area contributed by atoms with E-state index >= 15 is 0 Å². The first kappa shape index (κ1) is 12.6. The van der Waals surface area contributed by atoms with Gasteiger partial charge in [0.1, 0.15) is 0 Å². The quantitative estimate of drug-likeness (QED) is 0.803. The molecule has 0 aliphatic carbocycles. The predicted octanol–water partition coefficient (Wildman–Crippen LogP) is 2.06. The van der Waals surface area contributed by atoms with Crippen LogP contribution < -0.4 is 5.32 Å². The summed E-state index contributed by atoms with van der Waals surface area (Å²) in [5.74, 6) is 0. The van der Waals surface area contributed by atoms with Crippen molar-refractivity contribution in [3.63, 3.8) is 0 Å². The summed E-state index contributed by atoms with van der Waals surface area (Å²) in [6.45, 7) is 0.161. The maximum atomic E-state index is 10.9. The summed E-state index contributed by atoms with van der Waals surface area (Å²) >= 11 is 0. The van der Waals surface area contributed by atoms with Gasteiger partial charge < -0.3 is 10.1 Å². The molecule has 0 saturated heterocycles. The Morgan fingerprint density at radius 1 is 0.944 bits per heavy atom. The molecule has 0 aliphatic rings. The average molecular weight is 235 g/mol. The Labute approximate surface area is 108 Å². The van der Waals surface area contributed by atoms with Gasteiger partial charge in [0.25, 0.3) is 0 Å². The molecule has 88 valence electrons. The van der Waals surface area contributed by atoms with Gasteiger partial charge in [-0.3, -0.25) is 0 Å². The summed E-state index contributed by atoms with van der Waals surface area (Å²) in [6, 6.07) is 20.0. The fourth-order valence-corrected chi connectivity index (χ4v) is 1.92. The van der Waals surface area contributed by atoms with E-state index < -0.39 is 0 Å². The Bertz CT molecular complexity index is 459. The van der Waals surface area contributed by atoms with Crippen molar-refractivity contribution in [2.24, 2.45) is 0 Å². The minimum absolute atomic E-state index is 0.0140. The monoisotopic (exact) mass is 235 g/mol. The van der Waals surface area contributed by atoms with Crippen LogP contribution in [-0.2, 0) is 4.79 Å². The van der Waals surface area contributed by atoms with Crippen molar-refractivity contribution >= 4 is 13.5 Å². The van der Waals surface area contributed by atoms with Crippen molar-refractivity contribution in [3.05, 3.63) is 71.8 Å². The highest BCUT2D eigenvalue weighted by Crippen LogP contribution is 2.21. The van der Waals surface area contributed by atoms with Crippen LogP contribution in [0.5, 0.6) is 0 Å². The summed E-state index contributed by atoms with van der Waals surface area (Å²) in [6.07, 6.45) is 0. The van der Waals surface area contributed by atoms with E-state index in [9.17, 15) is 4.79 Å². The third kappa shape index (κ3) is 3.31. The molecule has 0 saturated carbocycles. The minimum atomic E-state index is -0.355. The summed E-state index contributed by atoms with van der Waals surface area (Å²) < 4.78 is 0. The highest BCUT2D eigenvalue weighted by molar-refractivity contribution is 6.58. The topological polar surface area (TPSA) is 29.1 Å². The van der Waals surface area contributed by atoms with E-state index in [2.05, 4.69) is 5.32 Å². The zero-order valence-electron chi connectivity index (χ0n) is 10.0. The van der Waals surface area contributed by atoms with Crippen LogP contribution in [0.4, 0.5) is 0 Å². The van der Waals surface area contributed by atoms with Gasteiger partial charge in [0.2, 0.25) is 0 Å². The second-order valence-electron chi connectivity index (χ2n) is 4.10. The first-order chi connectivity index (χ1) is 8.77. The van der Waals surface area contributed by atoms with Crippen molar-refractivity contribution in [2.75, 3.05) is 6.54 Å². The van der Waals surface area contributed by atoms with E-state index in [0.717, 1.165) is 11.1 Å². The maximum absolute atomic E-state index is 10.9. The third-order valence-corrected chi connectivity index (χ3v) is 2.75. The molecule has 2 rings (SSSR count). The number of carbonyl (C=O) groups excluding carboxylic acids is 1. The molecular weight excluding hydrogens is 221 g/mol. The summed E-state index contributed by atoms with van der Waals surface area (Å²) in [4.78, 5) is 10.9. The lowest BCUT2D eigenvalue weighted by atomic mass is 9.97. The Hall–Kier alpha value is -1.87. The molecule has 1 N–H and O–H groups in total. The zero-order valence-corrected chi connectivity index (χ0v) is 10.0. The highest BCUT2D eigenvalue weighted by Gasteiger charge is 2.12. The lowest BCUT2D eigenvalue weighted by Gasteiger charge is -2.19. The molecule has 2 aromatic carbocycles. The normalized spacial score (nSPS) is 10.5. The van der Waals surface area contributed by atoms with Crippen molar-refractivity contribution in [1.29, 1.82) is 0 Å². The van der Waals surface area contributed by atoms with Crippen LogP contribution in [-0.4, -0.2) is 20.1 Å². The van der Waals surface area contributed by atoms with Crippen LogP contribution in [0.25, 0.3) is 0 Å². The largest absolute Gasteiger partial charge is 0.311 e. The molecule has 0 unspecified atom stereocenters. The molecule has 2 aromatic rings. The second-order valence-corrected chi connectivity index (χ2v) is 4.10. The second kappa shape index (κ2) is 6.17. The van der Waals surface area contributed by atoms with E-state index in [0.29, 0.717) is 0 Å². The summed E-state index contributed by atoms with van der Waals surface area (Å²) in [5, 5.41) is 3.18. The van der Waals surface area contributed by atoms with Crippen LogP contribution in [0, 0.1) is 0 Å².